The van der Waals surface area contributed by atoms with Crippen LogP contribution in [0.5, 0.6) is 0 Å². The van der Waals surface area contributed by atoms with Gasteiger partial charge in [0.25, 0.3) is 0 Å². The number of carbonyl (C=O) groups is 1. The number of hydrogen-bond acceptors (Lipinski definition) is 2. The topological polar surface area (TPSA) is 32.7 Å². The van der Waals surface area contributed by atoms with Gasteiger partial charge < -0.3 is 4.90 Å². The van der Waals surface area contributed by atoms with Gasteiger partial charge in [-0.2, -0.15) is 0 Å². The summed E-state index contributed by atoms with van der Waals surface area (Å²) in [6.45, 7) is 8.36. The van der Waals surface area contributed by atoms with Gasteiger partial charge in [0, 0.05) is 18.4 Å². The van der Waals surface area contributed by atoms with Crippen molar-refractivity contribution in [3.8, 4) is 0 Å². The molecule has 120 valence electrons. The van der Waals surface area contributed by atoms with E-state index in [1.165, 1.54) is 11.3 Å². The summed E-state index contributed by atoms with van der Waals surface area (Å²) < 4.78 is 0. The van der Waals surface area contributed by atoms with Crippen LogP contribution in [0.15, 0.2) is 52.3 Å². The molecule has 0 saturated carbocycles. The van der Waals surface area contributed by atoms with Crippen LogP contribution in [0, 0.1) is 5.92 Å². The van der Waals surface area contributed by atoms with E-state index < -0.39 is 0 Å². The van der Waals surface area contributed by atoms with E-state index in [-0.39, 0.29) is 5.92 Å². The average molecular weight is 300 g/mol. The highest BCUT2D eigenvalue weighted by Crippen LogP contribution is 2.22. The number of amidine groups is 1. The number of aliphatic imine (C=N–C) groups is 1. The van der Waals surface area contributed by atoms with Crippen LogP contribution in [0.1, 0.15) is 47.0 Å². The van der Waals surface area contributed by atoms with E-state index in [1.807, 2.05) is 14.0 Å². The molecule has 1 atom stereocenters. The van der Waals surface area contributed by atoms with Crippen LogP contribution in [0.2, 0.25) is 0 Å². The predicted octanol–water partition coefficient (Wildman–Crippen LogP) is 4.65. The smallest absolute Gasteiger partial charge is 0.144 e. The summed E-state index contributed by atoms with van der Waals surface area (Å²) in [6.07, 6.45) is 14.0. The lowest BCUT2D eigenvalue weighted by Crippen LogP contribution is -2.25. The van der Waals surface area contributed by atoms with Gasteiger partial charge in [0.2, 0.25) is 0 Å². The summed E-state index contributed by atoms with van der Waals surface area (Å²) in [4.78, 5) is 17.6. The van der Waals surface area contributed by atoms with Crippen LogP contribution in [0.25, 0.3) is 0 Å². The Bertz CT molecular complexity index is 536. The van der Waals surface area contributed by atoms with Crippen molar-refractivity contribution < 1.29 is 4.79 Å². The number of aldehydes is 1. The fraction of sp³-hybridized carbons (Fsp3) is 0.474. The van der Waals surface area contributed by atoms with Crippen molar-refractivity contribution in [3.63, 3.8) is 0 Å². The molecule has 0 aromatic carbocycles. The van der Waals surface area contributed by atoms with Gasteiger partial charge >= 0.3 is 0 Å². The highest BCUT2D eigenvalue weighted by molar-refractivity contribution is 5.83. The summed E-state index contributed by atoms with van der Waals surface area (Å²) in [7, 11) is 2.03. The highest BCUT2D eigenvalue weighted by atomic mass is 16.1. The molecule has 1 aliphatic rings. The van der Waals surface area contributed by atoms with E-state index in [1.54, 1.807) is 6.08 Å². The summed E-state index contributed by atoms with van der Waals surface area (Å²) in [5.74, 6) is 1.17. The molecule has 0 N–H and O–H groups in total. The normalized spacial score (nSPS) is 17.5. The van der Waals surface area contributed by atoms with E-state index in [0.29, 0.717) is 0 Å². The number of nitrogens with zero attached hydrogens (tertiary/aromatic N) is 2. The largest absolute Gasteiger partial charge is 0.333 e. The molecule has 0 fully saturated rings. The standard InChI is InChI=1S/C19H28N2O/c1-6-15(3)18(13-14-22)20-16(4)21(5)19-12-10-8-9-11-17(19)7-2/h8,10-15H,6-7,9H2,1-5H3/b18-13-,20-16?. The van der Waals surface area contributed by atoms with Crippen LogP contribution in [0.3, 0.4) is 0 Å². The first-order chi connectivity index (χ1) is 10.5. The van der Waals surface area contributed by atoms with Gasteiger partial charge in [-0.15, -0.1) is 0 Å². The van der Waals surface area contributed by atoms with E-state index >= 15 is 0 Å². The summed E-state index contributed by atoms with van der Waals surface area (Å²) in [5, 5.41) is 0. The molecule has 0 spiro atoms. The van der Waals surface area contributed by atoms with Crippen LogP contribution < -0.4 is 0 Å². The minimum atomic E-state index is 0.276. The molecule has 0 amide bonds. The van der Waals surface area contributed by atoms with Crippen LogP contribution in [-0.4, -0.2) is 24.1 Å². The van der Waals surface area contributed by atoms with Crippen molar-refractivity contribution in [3.05, 3.63) is 47.3 Å². The molecule has 22 heavy (non-hydrogen) atoms. The van der Waals surface area contributed by atoms with Crippen LogP contribution >= 0.6 is 0 Å². The molecule has 0 aromatic rings. The van der Waals surface area contributed by atoms with Crippen molar-refractivity contribution in [2.24, 2.45) is 10.9 Å². The first-order valence-electron chi connectivity index (χ1n) is 8.05. The molecule has 0 aliphatic heterocycles. The molecule has 1 aliphatic carbocycles. The zero-order chi connectivity index (χ0) is 16.5. The monoisotopic (exact) mass is 300 g/mol. The molecular formula is C19H28N2O. The minimum Gasteiger partial charge on any atom is -0.333 e. The molecule has 3 nitrogen and oxygen atoms in total. The van der Waals surface area contributed by atoms with E-state index in [4.69, 9.17) is 4.99 Å². The molecule has 1 rings (SSSR count). The summed E-state index contributed by atoms with van der Waals surface area (Å²) >= 11 is 0. The second-order valence-electron chi connectivity index (χ2n) is 5.55. The van der Waals surface area contributed by atoms with Gasteiger partial charge in [-0.3, -0.25) is 4.79 Å². The number of rotatable bonds is 6. The van der Waals surface area contributed by atoms with Gasteiger partial charge in [-0.05, 0) is 49.8 Å². The Balaban J connectivity index is 3.09. The van der Waals surface area contributed by atoms with Crippen LogP contribution in [-0.2, 0) is 4.79 Å². The Morgan fingerprint density at radius 3 is 2.77 bits per heavy atom. The molecule has 0 bridgehead atoms. The van der Waals surface area contributed by atoms with Crippen molar-refractivity contribution in [2.75, 3.05) is 7.05 Å². The van der Waals surface area contributed by atoms with Crippen molar-refractivity contribution in [1.29, 1.82) is 0 Å². The van der Waals surface area contributed by atoms with Crippen molar-refractivity contribution in [1.82, 2.24) is 4.90 Å². The predicted molar refractivity (Wildman–Crippen MR) is 94.7 cm³/mol. The summed E-state index contributed by atoms with van der Waals surface area (Å²) in [6, 6.07) is 0. The third-order valence-corrected chi connectivity index (χ3v) is 4.09. The highest BCUT2D eigenvalue weighted by Gasteiger charge is 2.13. The van der Waals surface area contributed by atoms with Crippen molar-refractivity contribution >= 4 is 12.1 Å². The number of likely N-dealkylation sites (N-methyl/N-ethyl adjacent to an activating group) is 1. The number of allylic oxidation sites excluding steroid dienone is 7. The Labute approximate surface area is 134 Å². The third-order valence-electron chi connectivity index (χ3n) is 4.09. The first kappa shape index (κ1) is 18.1. The van der Waals surface area contributed by atoms with E-state index in [0.717, 1.165) is 37.1 Å². The Kier molecular flexibility index (Phi) is 7.58. The number of carbonyl (C=O) groups excluding carboxylic acids is 1. The van der Waals surface area contributed by atoms with Gasteiger partial charge in [-0.1, -0.05) is 39.0 Å². The SMILES string of the molecule is CCC1=CCC=CC=C1N(C)C(C)=N/C(=C\C=O)C(C)CC. The number of hydrogen-bond donors (Lipinski definition) is 0. The van der Waals surface area contributed by atoms with Gasteiger partial charge in [0.1, 0.15) is 12.1 Å². The Hall–Kier alpha value is -1.90. The van der Waals surface area contributed by atoms with Gasteiger partial charge in [-0.25, -0.2) is 4.99 Å². The fourth-order valence-corrected chi connectivity index (χ4v) is 2.34. The first-order valence-corrected chi connectivity index (χ1v) is 8.05. The maximum Gasteiger partial charge on any atom is 0.144 e. The summed E-state index contributed by atoms with van der Waals surface area (Å²) in [5.41, 5.74) is 3.34. The second kappa shape index (κ2) is 9.19. The molecule has 0 aromatic heterocycles. The molecule has 1 unspecified atom stereocenters. The second-order valence-corrected chi connectivity index (χ2v) is 5.55. The zero-order valence-electron chi connectivity index (χ0n) is 14.5. The van der Waals surface area contributed by atoms with Crippen LogP contribution in [0.4, 0.5) is 0 Å². The lowest BCUT2D eigenvalue weighted by atomic mass is 10.1. The molecule has 0 radical (unpaired) electrons. The van der Waals surface area contributed by atoms with Gasteiger partial charge in [0.05, 0.1) is 0 Å². The van der Waals surface area contributed by atoms with Gasteiger partial charge in [0.15, 0.2) is 0 Å². The fourth-order valence-electron chi connectivity index (χ4n) is 2.34. The average Bonchev–Trinajstić information content (AvgIpc) is 2.77. The maximum absolute atomic E-state index is 10.8. The van der Waals surface area contributed by atoms with E-state index in [2.05, 4.69) is 50.0 Å². The zero-order valence-corrected chi connectivity index (χ0v) is 14.5. The maximum atomic E-state index is 10.8. The molecule has 3 heteroatoms. The quantitative estimate of drug-likeness (QED) is 0.310. The van der Waals surface area contributed by atoms with Crippen molar-refractivity contribution in [2.45, 2.75) is 47.0 Å². The Morgan fingerprint density at radius 2 is 2.18 bits per heavy atom. The molecular weight excluding hydrogens is 272 g/mol. The Morgan fingerprint density at radius 1 is 1.45 bits per heavy atom. The minimum absolute atomic E-state index is 0.276. The lowest BCUT2D eigenvalue weighted by Gasteiger charge is -2.24. The molecule has 0 heterocycles. The third kappa shape index (κ3) is 4.83. The molecule has 0 saturated heterocycles. The lowest BCUT2D eigenvalue weighted by molar-refractivity contribution is -0.104. The van der Waals surface area contributed by atoms with E-state index in [9.17, 15) is 4.79 Å².